The lowest BCUT2D eigenvalue weighted by Crippen LogP contribution is -2.35. The summed E-state index contributed by atoms with van der Waals surface area (Å²) in [6.07, 6.45) is 0.994. The van der Waals surface area contributed by atoms with Crippen LogP contribution < -0.4 is 0 Å². The van der Waals surface area contributed by atoms with E-state index in [0.29, 0.717) is 0 Å². The number of carboxylic acid groups (broad SMARTS) is 1. The van der Waals surface area contributed by atoms with Gasteiger partial charge in [-0.15, -0.1) is 0 Å². The third-order valence-electron chi connectivity index (χ3n) is 3.14. The van der Waals surface area contributed by atoms with Crippen LogP contribution in [-0.4, -0.2) is 39.5 Å². The molecule has 1 aromatic heterocycles. The first kappa shape index (κ1) is 12.9. The molecular weight excluding hydrogens is 242 g/mol. The molecule has 2 rings (SSSR count). The third-order valence-corrected chi connectivity index (χ3v) is 3.14. The van der Waals surface area contributed by atoms with Crippen molar-refractivity contribution in [2.75, 3.05) is 6.54 Å². The maximum Gasteiger partial charge on any atom is 0.321 e. The van der Waals surface area contributed by atoms with Crippen molar-refractivity contribution in [1.29, 1.82) is 0 Å². The van der Waals surface area contributed by atoms with E-state index >= 15 is 0 Å². The van der Waals surface area contributed by atoms with Crippen LogP contribution in [0.15, 0.2) is 18.3 Å². The van der Waals surface area contributed by atoms with Crippen LogP contribution in [0.25, 0.3) is 0 Å². The monoisotopic (exact) mass is 256 g/mol. The molecule has 1 fully saturated rings. The van der Waals surface area contributed by atoms with E-state index in [4.69, 9.17) is 5.11 Å². The molecule has 0 aliphatic carbocycles. The van der Waals surface area contributed by atoms with E-state index in [1.165, 1.54) is 4.90 Å². The molecule has 0 bridgehead atoms. The summed E-state index contributed by atoms with van der Waals surface area (Å²) < 4.78 is 26.6. The number of alkyl halides is 2. The Hall–Kier alpha value is -1.56. The molecule has 98 valence electrons. The predicted molar refractivity (Wildman–Crippen MR) is 60.4 cm³/mol. The van der Waals surface area contributed by atoms with Crippen LogP contribution in [0.2, 0.25) is 0 Å². The molecule has 6 heteroatoms. The van der Waals surface area contributed by atoms with Crippen molar-refractivity contribution >= 4 is 5.97 Å². The lowest BCUT2D eigenvalue weighted by Gasteiger charge is -2.20. The van der Waals surface area contributed by atoms with E-state index in [2.05, 4.69) is 4.98 Å². The maximum atomic E-state index is 13.3. The highest BCUT2D eigenvalue weighted by Crippen LogP contribution is 2.33. The summed E-state index contributed by atoms with van der Waals surface area (Å²) in [5.41, 5.74) is 1.51. The second-order valence-corrected chi connectivity index (χ2v) is 4.57. The molecule has 0 amide bonds. The van der Waals surface area contributed by atoms with E-state index < -0.39 is 30.9 Å². The molecule has 1 N–H and O–H groups in total. The van der Waals surface area contributed by atoms with Gasteiger partial charge in [0.25, 0.3) is 5.92 Å². The van der Waals surface area contributed by atoms with Gasteiger partial charge in [0.1, 0.15) is 6.04 Å². The van der Waals surface area contributed by atoms with Gasteiger partial charge in [0.2, 0.25) is 0 Å². The lowest BCUT2D eigenvalue weighted by molar-refractivity contribution is -0.142. The highest BCUT2D eigenvalue weighted by atomic mass is 19.3. The molecule has 0 radical (unpaired) electrons. The van der Waals surface area contributed by atoms with Gasteiger partial charge in [0.05, 0.1) is 6.54 Å². The normalized spacial score (nSPS) is 23.2. The average Bonchev–Trinajstić information content (AvgIpc) is 2.57. The highest BCUT2D eigenvalue weighted by molar-refractivity contribution is 5.74. The first-order valence-corrected chi connectivity index (χ1v) is 5.64. The molecule has 1 saturated heterocycles. The largest absolute Gasteiger partial charge is 0.480 e. The number of carbonyl (C=O) groups is 1. The van der Waals surface area contributed by atoms with Gasteiger partial charge in [0.15, 0.2) is 0 Å². The average molecular weight is 256 g/mol. The van der Waals surface area contributed by atoms with E-state index in [0.717, 1.165) is 11.3 Å². The first-order chi connectivity index (χ1) is 8.39. The standard InChI is InChI=1S/C12H14F2N2O2/c1-8-9(3-2-4-15-8)6-16-7-12(13,14)5-10(16)11(17)18/h2-4,10H,5-7H2,1H3,(H,17,18)/t10-/m1/s1. The topological polar surface area (TPSA) is 53.4 Å². The Morgan fingerprint density at radius 2 is 2.39 bits per heavy atom. The molecule has 18 heavy (non-hydrogen) atoms. The predicted octanol–water partition coefficient (Wildman–Crippen LogP) is 1.68. The van der Waals surface area contributed by atoms with Crippen LogP contribution in [-0.2, 0) is 11.3 Å². The Morgan fingerprint density at radius 3 is 3.00 bits per heavy atom. The number of aryl methyl sites for hydroxylation is 1. The SMILES string of the molecule is Cc1ncccc1CN1CC(F)(F)C[C@@H]1C(=O)O. The van der Waals surface area contributed by atoms with E-state index in [9.17, 15) is 13.6 Å². The Bertz CT molecular complexity index is 465. The number of carboxylic acids is 1. The summed E-state index contributed by atoms with van der Waals surface area (Å²) >= 11 is 0. The minimum atomic E-state index is -2.93. The summed E-state index contributed by atoms with van der Waals surface area (Å²) in [5, 5.41) is 8.97. The lowest BCUT2D eigenvalue weighted by atomic mass is 10.1. The van der Waals surface area contributed by atoms with Crippen molar-refractivity contribution in [3.05, 3.63) is 29.6 Å². The number of aromatic nitrogens is 1. The Balaban J connectivity index is 2.17. The van der Waals surface area contributed by atoms with Gasteiger partial charge in [-0.3, -0.25) is 14.7 Å². The highest BCUT2D eigenvalue weighted by Gasteiger charge is 2.48. The van der Waals surface area contributed by atoms with Gasteiger partial charge in [-0.2, -0.15) is 0 Å². The fourth-order valence-electron chi connectivity index (χ4n) is 2.20. The van der Waals surface area contributed by atoms with Crippen molar-refractivity contribution in [3.63, 3.8) is 0 Å². The number of pyridine rings is 1. The summed E-state index contributed by atoms with van der Waals surface area (Å²) in [6, 6.07) is 2.36. The van der Waals surface area contributed by atoms with Crippen LogP contribution in [0, 0.1) is 6.92 Å². The number of hydrogen-bond donors (Lipinski definition) is 1. The minimum Gasteiger partial charge on any atom is -0.480 e. The molecule has 1 atom stereocenters. The van der Waals surface area contributed by atoms with Gasteiger partial charge in [0, 0.05) is 24.9 Å². The summed E-state index contributed by atoms with van der Waals surface area (Å²) in [4.78, 5) is 16.3. The molecule has 0 unspecified atom stereocenters. The zero-order chi connectivity index (χ0) is 13.3. The molecule has 1 aliphatic heterocycles. The van der Waals surface area contributed by atoms with Crippen molar-refractivity contribution in [2.45, 2.75) is 31.9 Å². The number of hydrogen-bond acceptors (Lipinski definition) is 3. The van der Waals surface area contributed by atoms with Crippen LogP contribution in [0.5, 0.6) is 0 Å². The fraction of sp³-hybridized carbons (Fsp3) is 0.500. The molecule has 1 aliphatic rings. The van der Waals surface area contributed by atoms with E-state index in [-0.39, 0.29) is 6.54 Å². The number of aliphatic carboxylic acids is 1. The second kappa shape index (κ2) is 4.61. The first-order valence-electron chi connectivity index (χ1n) is 5.64. The van der Waals surface area contributed by atoms with E-state index in [1.807, 2.05) is 0 Å². The van der Waals surface area contributed by atoms with Crippen LogP contribution in [0.4, 0.5) is 8.78 Å². The minimum absolute atomic E-state index is 0.187. The smallest absolute Gasteiger partial charge is 0.321 e. The second-order valence-electron chi connectivity index (χ2n) is 4.57. The Kier molecular flexibility index (Phi) is 3.30. The van der Waals surface area contributed by atoms with Gasteiger partial charge in [-0.25, -0.2) is 8.78 Å². The summed E-state index contributed by atoms with van der Waals surface area (Å²) in [5.74, 6) is -4.13. The Labute approximate surface area is 103 Å². The number of nitrogens with zero attached hydrogens (tertiary/aromatic N) is 2. The number of halogens is 2. The molecule has 4 nitrogen and oxygen atoms in total. The fourth-order valence-corrected chi connectivity index (χ4v) is 2.20. The van der Waals surface area contributed by atoms with Gasteiger partial charge < -0.3 is 5.11 Å². The number of likely N-dealkylation sites (tertiary alicyclic amines) is 1. The van der Waals surface area contributed by atoms with Crippen molar-refractivity contribution in [3.8, 4) is 0 Å². The van der Waals surface area contributed by atoms with E-state index in [1.54, 1.807) is 25.3 Å². The summed E-state index contributed by atoms with van der Waals surface area (Å²) in [7, 11) is 0. The van der Waals surface area contributed by atoms with Crippen molar-refractivity contribution < 1.29 is 18.7 Å². The molecule has 1 aromatic rings. The van der Waals surface area contributed by atoms with Gasteiger partial charge in [-0.05, 0) is 18.6 Å². The molecule has 0 spiro atoms. The van der Waals surface area contributed by atoms with Crippen LogP contribution >= 0.6 is 0 Å². The zero-order valence-corrected chi connectivity index (χ0v) is 9.94. The zero-order valence-electron chi connectivity index (χ0n) is 9.94. The van der Waals surface area contributed by atoms with Gasteiger partial charge >= 0.3 is 5.97 Å². The third kappa shape index (κ3) is 2.64. The number of rotatable bonds is 3. The maximum absolute atomic E-state index is 13.3. The Morgan fingerprint density at radius 1 is 1.67 bits per heavy atom. The van der Waals surface area contributed by atoms with Crippen molar-refractivity contribution in [1.82, 2.24) is 9.88 Å². The van der Waals surface area contributed by atoms with Gasteiger partial charge in [-0.1, -0.05) is 6.07 Å². The van der Waals surface area contributed by atoms with Crippen molar-refractivity contribution in [2.24, 2.45) is 0 Å². The van der Waals surface area contributed by atoms with Crippen LogP contribution in [0.3, 0.4) is 0 Å². The molecule has 0 saturated carbocycles. The quantitative estimate of drug-likeness (QED) is 0.894. The molecule has 0 aromatic carbocycles. The summed E-state index contributed by atoms with van der Waals surface area (Å²) in [6.45, 7) is 1.45. The molecule has 2 heterocycles. The molecular formula is C12H14F2N2O2. The van der Waals surface area contributed by atoms with Crippen LogP contribution in [0.1, 0.15) is 17.7 Å².